The largest absolute Gasteiger partial charge is 0.337 e. The summed E-state index contributed by atoms with van der Waals surface area (Å²) in [4.78, 5) is 26.0. The zero-order valence-electron chi connectivity index (χ0n) is 12.2. The molecule has 0 aromatic heterocycles. The number of carbonyl (C=O) groups excluding carboxylic acids is 2. The van der Waals surface area contributed by atoms with Crippen LogP contribution in [-0.2, 0) is 9.59 Å². The average Bonchev–Trinajstić information content (AvgIpc) is 2.69. The molecule has 2 rings (SSSR count). The number of amides is 2. The van der Waals surface area contributed by atoms with Crippen molar-refractivity contribution in [2.45, 2.75) is 32.7 Å². The van der Waals surface area contributed by atoms with Crippen LogP contribution in [0.4, 0.5) is 5.69 Å². The van der Waals surface area contributed by atoms with Gasteiger partial charge in [0.1, 0.15) is 0 Å². The number of hydrogen-bond donors (Lipinski definition) is 1. The molecule has 21 heavy (non-hydrogen) atoms. The zero-order chi connectivity index (χ0) is 15.8. The third-order valence-corrected chi connectivity index (χ3v) is 3.87. The van der Waals surface area contributed by atoms with Crippen molar-refractivity contribution in [3.63, 3.8) is 0 Å². The predicted molar refractivity (Wildman–Crippen MR) is 84.7 cm³/mol. The number of nitrogens with zero attached hydrogens (tertiary/aromatic N) is 1. The van der Waals surface area contributed by atoms with Gasteiger partial charge in [-0.25, -0.2) is 0 Å². The van der Waals surface area contributed by atoms with Crippen LogP contribution in [0.2, 0.25) is 10.0 Å². The lowest BCUT2D eigenvalue weighted by atomic mass is 10.1. The van der Waals surface area contributed by atoms with Crippen molar-refractivity contribution < 1.29 is 9.59 Å². The highest BCUT2D eigenvalue weighted by Crippen LogP contribution is 2.28. The van der Waals surface area contributed by atoms with Crippen LogP contribution in [0.15, 0.2) is 18.2 Å². The number of hydrogen-bond acceptors (Lipinski definition) is 2. The van der Waals surface area contributed by atoms with E-state index in [1.165, 1.54) is 0 Å². The quantitative estimate of drug-likeness (QED) is 0.902. The molecule has 4 nitrogen and oxygen atoms in total. The van der Waals surface area contributed by atoms with Gasteiger partial charge < -0.3 is 10.2 Å². The third kappa shape index (κ3) is 3.89. The van der Waals surface area contributed by atoms with Crippen LogP contribution in [-0.4, -0.2) is 28.8 Å². The standard InChI is InChI=1S/C15H18Cl2N2O2/c1-15(2,3)19-8-9(4-13(19)20)14(21)18-12-6-10(16)5-11(17)7-12/h5-7,9H,4,8H2,1-3H3,(H,18,21)/t9-/m1/s1. The maximum Gasteiger partial charge on any atom is 0.229 e. The third-order valence-electron chi connectivity index (χ3n) is 3.44. The molecule has 6 heteroatoms. The Balaban J connectivity index is 2.07. The highest BCUT2D eigenvalue weighted by molar-refractivity contribution is 6.35. The molecule has 114 valence electrons. The normalized spacial score (nSPS) is 19.0. The van der Waals surface area contributed by atoms with E-state index in [2.05, 4.69) is 5.32 Å². The highest BCUT2D eigenvalue weighted by atomic mass is 35.5. The molecule has 1 aromatic carbocycles. The first-order valence-electron chi connectivity index (χ1n) is 6.74. The van der Waals surface area contributed by atoms with E-state index in [1.807, 2.05) is 20.8 Å². The van der Waals surface area contributed by atoms with Crippen LogP contribution in [0.1, 0.15) is 27.2 Å². The van der Waals surface area contributed by atoms with E-state index < -0.39 is 0 Å². The number of nitrogens with one attached hydrogen (secondary N) is 1. The van der Waals surface area contributed by atoms with Crippen molar-refractivity contribution >= 4 is 40.7 Å². The van der Waals surface area contributed by atoms with Crippen LogP contribution >= 0.6 is 23.2 Å². The van der Waals surface area contributed by atoms with Gasteiger partial charge >= 0.3 is 0 Å². The molecule has 0 unspecified atom stereocenters. The molecule has 0 saturated carbocycles. The second kappa shape index (κ2) is 5.85. The van der Waals surface area contributed by atoms with Gasteiger partial charge in [-0.15, -0.1) is 0 Å². The van der Waals surface area contributed by atoms with Crippen LogP contribution in [0.25, 0.3) is 0 Å². The van der Waals surface area contributed by atoms with Crippen LogP contribution in [0.3, 0.4) is 0 Å². The van der Waals surface area contributed by atoms with Crippen molar-refractivity contribution in [1.82, 2.24) is 4.90 Å². The Morgan fingerprint density at radius 1 is 1.24 bits per heavy atom. The smallest absolute Gasteiger partial charge is 0.229 e. The molecule has 0 radical (unpaired) electrons. The van der Waals surface area contributed by atoms with Gasteiger partial charge in [-0.05, 0) is 39.0 Å². The molecule has 0 spiro atoms. The van der Waals surface area contributed by atoms with Gasteiger partial charge in [-0.2, -0.15) is 0 Å². The SMILES string of the molecule is CC(C)(C)N1C[C@H](C(=O)Nc2cc(Cl)cc(Cl)c2)CC1=O. The minimum Gasteiger partial charge on any atom is -0.337 e. The Morgan fingerprint density at radius 3 is 2.29 bits per heavy atom. The number of rotatable bonds is 2. The lowest BCUT2D eigenvalue weighted by molar-refractivity contribution is -0.131. The summed E-state index contributed by atoms with van der Waals surface area (Å²) >= 11 is 11.8. The first-order chi connectivity index (χ1) is 9.66. The monoisotopic (exact) mass is 328 g/mol. The Bertz CT molecular complexity index is 561. The number of likely N-dealkylation sites (tertiary alicyclic amines) is 1. The fourth-order valence-electron chi connectivity index (χ4n) is 2.40. The summed E-state index contributed by atoms with van der Waals surface area (Å²) in [6.45, 7) is 6.31. The topological polar surface area (TPSA) is 49.4 Å². The summed E-state index contributed by atoms with van der Waals surface area (Å²) < 4.78 is 0. The van der Waals surface area contributed by atoms with Crippen molar-refractivity contribution in [2.75, 3.05) is 11.9 Å². The van der Waals surface area contributed by atoms with E-state index >= 15 is 0 Å². The maximum absolute atomic E-state index is 12.3. The van der Waals surface area contributed by atoms with Crippen molar-refractivity contribution in [3.8, 4) is 0 Å². The molecule has 1 aliphatic heterocycles. The van der Waals surface area contributed by atoms with E-state index in [0.29, 0.717) is 22.3 Å². The van der Waals surface area contributed by atoms with E-state index in [-0.39, 0.29) is 29.7 Å². The Morgan fingerprint density at radius 2 is 1.81 bits per heavy atom. The highest BCUT2D eigenvalue weighted by Gasteiger charge is 2.39. The van der Waals surface area contributed by atoms with Crippen LogP contribution < -0.4 is 5.32 Å². The summed E-state index contributed by atoms with van der Waals surface area (Å²) in [5.41, 5.74) is 0.269. The zero-order valence-corrected chi connectivity index (χ0v) is 13.8. The van der Waals surface area contributed by atoms with Gasteiger partial charge in [0.2, 0.25) is 11.8 Å². The number of benzene rings is 1. The second-order valence-corrected chi connectivity index (χ2v) is 7.10. The molecule has 1 heterocycles. The van der Waals surface area contributed by atoms with Crippen molar-refractivity contribution in [1.29, 1.82) is 0 Å². The molecule has 0 bridgehead atoms. The van der Waals surface area contributed by atoms with Gasteiger partial charge in [0, 0.05) is 34.2 Å². The number of anilines is 1. The predicted octanol–water partition coefficient (Wildman–Crippen LogP) is 3.58. The van der Waals surface area contributed by atoms with E-state index in [4.69, 9.17) is 23.2 Å². The number of carbonyl (C=O) groups is 2. The summed E-state index contributed by atoms with van der Waals surface area (Å²) in [6.07, 6.45) is 0.234. The Hall–Kier alpha value is -1.26. The molecule has 2 amide bonds. The minimum atomic E-state index is -0.352. The molecule has 0 aliphatic carbocycles. The molecule has 1 saturated heterocycles. The van der Waals surface area contributed by atoms with Gasteiger partial charge in [0.25, 0.3) is 0 Å². The summed E-state index contributed by atoms with van der Waals surface area (Å²) in [5, 5.41) is 3.68. The van der Waals surface area contributed by atoms with Crippen molar-refractivity contribution in [2.24, 2.45) is 5.92 Å². The minimum absolute atomic E-state index is 0.00627. The molecular formula is C15H18Cl2N2O2. The Kier molecular flexibility index (Phi) is 4.49. The second-order valence-electron chi connectivity index (χ2n) is 6.22. The van der Waals surface area contributed by atoms with Gasteiger partial charge in [0.15, 0.2) is 0 Å². The lowest BCUT2D eigenvalue weighted by Crippen LogP contribution is -2.42. The molecule has 1 aliphatic rings. The van der Waals surface area contributed by atoms with E-state index in [0.717, 1.165) is 0 Å². The lowest BCUT2D eigenvalue weighted by Gasteiger charge is -2.31. The summed E-state index contributed by atoms with van der Waals surface area (Å²) in [5.74, 6) is -0.533. The molecule has 1 fully saturated rings. The van der Waals surface area contributed by atoms with E-state index in [9.17, 15) is 9.59 Å². The van der Waals surface area contributed by atoms with E-state index in [1.54, 1.807) is 23.1 Å². The summed E-state index contributed by atoms with van der Waals surface area (Å²) in [6, 6.07) is 4.85. The molecule has 1 aromatic rings. The fourth-order valence-corrected chi connectivity index (χ4v) is 2.93. The van der Waals surface area contributed by atoms with Crippen molar-refractivity contribution in [3.05, 3.63) is 28.2 Å². The Labute approximate surface area is 134 Å². The first-order valence-corrected chi connectivity index (χ1v) is 7.50. The maximum atomic E-state index is 12.3. The first kappa shape index (κ1) is 16.1. The van der Waals surface area contributed by atoms with Crippen LogP contribution in [0.5, 0.6) is 0 Å². The fraction of sp³-hybridized carbons (Fsp3) is 0.467. The number of halogens is 2. The van der Waals surface area contributed by atoms with Gasteiger partial charge in [0.05, 0.1) is 5.92 Å². The molecule has 1 N–H and O–H groups in total. The van der Waals surface area contributed by atoms with Crippen LogP contribution in [0, 0.1) is 5.92 Å². The average molecular weight is 329 g/mol. The molecular weight excluding hydrogens is 311 g/mol. The molecule has 1 atom stereocenters. The van der Waals surface area contributed by atoms with Gasteiger partial charge in [-0.1, -0.05) is 23.2 Å². The van der Waals surface area contributed by atoms with Gasteiger partial charge in [-0.3, -0.25) is 9.59 Å². The summed E-state index contributed by atoms with van der Waals surface area (Å²) in [7, 11) is 0.